The predicted molar refractivity (Wildman–Crippen MR) is 211 cm³/mol. The third-order valence-corrected chi connectivity index (χ3v) is 10.2. The highest BCUT2D eigenvalue weighted by Crippen LogP contribution is 2.40. The molecule has 1 unspecified atom stereocenters. The van der Waals surface area contributed by atoms with Gasteiger partial charge in [0.15, 0.2) is 5.84 Å². The summed E-state index contributed by atoms with van der Waals surface area (Å²) in [6.45, 7) is 0. The number of hydrogen-bond acceptors (Lipinski definition) is 6. The van der Waals surface area contributed by atoms with Gasteiger partial charge in [-0.3, -0.25) is 4.98 Å². The first-order valence-electron chi connectivity index (χ1n) is 17.4. The van der Waals surface area contributed by atoms with E-state index in [0.29, 0.717) is 5.84 Å². The lowest BCUT2D eigenvalue weighted by Gasteiger charge is -2.25. The van der Waals surface area contributed by atoms with Gasteiger partial charge in [0, 0.05) is 45.1 Å². The van der Waals surface area contributed by atoms with Crippen LogP contribution in [0.4, 0.5) is 0 Å². The van der Waals surface area contributed by atoms with Crippen LogP contribution in [0.1, 0.15) is 22.9 Å². The number of para-hydroxylation sites is 1. The Hall–Kier alpha value is -7.05. The lowest BCUT2D eigenvalue weighted by atomic mass is 9.92. The molecular weight excluding hydrogens is 641 g/mol. The number of fused-ring (bicyclic) bond motifs is 8. The van der Waals surface area contributed by atoms with Gasteiger partial charge in [0.1, 0.15) is 34.3 Å². The Labute approximate surface area is 297 Å². The minimum atomic E-state index is -0.377. The molecule has 244 valence electrons. The van der Waals surface area contributed by atoms with Gasteiger partial charge in [-0.1, -0.05) is 115 Å². The van der Waals surface area contributed by atoms with Crippen molar-refractivity contribution < 1.29 is 8.83 Å². The molecule has 7 aromatic carbocycles. The van der Waals surface area contributed by atoms with E-state index in [4.69, 9.17) is 18.8 Å². The maximum Gasteiger partial charge on any atom is 0.160 e. The minimum absolute atomic E-state index is 0.377. The average molecular weight is 669 g/mol. The normalized spacial score (nSPS) is 14.7. The Morgan fingerprint density at radius 3 is 1.98 bits per heavy atom. The molecule has 0 radical (unpaired) electrons. The van der Waals surface area contributed by atoms with Gasteiger partial charge >= 0.3 is 0 Å². The van der Waals surface area contributed by atoms with E-state index in [-0.39, 0.29) is 6.17 Å². The first kappa shape index (κ1) is 28.8. The molecule has 1 aliphatic rings. The van der Waals surface area contributed by atoms with Gasteiger partial charge in [-0.25, -0.2) is 9.98 Å². The molecule has 0 bridgehead atoms. The summed E-state index contributed by atoms with van der Waals surface area (Å²) in [4.78, 5) is 15.0. The van der Waals surface area contributed by atoms with E-state index in [1.165, 1.54) is 5.39 Å². The highest BCUT2D eigenvalue weighted by molar-refractivity contribution is 6.24. The number of benzene rings is 7. The van der Waals surface area contributed by atoms with Crippen molar-refractivity contribution in [3.05, 3.63) is 175 Å². The van der Waals surface area contributed by atoms with Crippen LogP contribution in [-0.2, 0) is 0 Å². The third-order valence-electron chi connectivity index (χ3n) is 10.2. The zero-order valence-corrected chi connectivity index (χ0v) is 27.7. The van der Waals surface area contributed by atoms with Crippen LogP contribution in [0.3, 0.4) is 0 Å². The molecule has 0 aliphatic carbocycles. The molecule has 0 saturated heterocycles. The molecule has 6 heteroatoms. The highest BCUT2D eigenvalue weighted by Gasteiger charge is 2.25. The van der Waals surface area contributed by atoms with Crippen molar-refractivity contribution in [2.24, 2.45) is 9.98 Å². The minimum Gasteiger partial charge on any atom is -0.456 e. The van der Waals surface area contributed by atoms with Gasteiger partial charge < -0.3 is 14.2 Å². The second-order valence-corrected chi connectivity index (χ2v) is 13.2. The molecule has 4 heterocycles. The molecule has 1 aliphatic heterocycles. The van der Waals surface area contributed by atoms with E-state index in [0.717, 1.165) is 93.7 Å². The maximum absolute atomic E-state index is 6.29. The molecule has 6 nitrogen and oxygen atoms in total. The summed E-state index contributed by atoms with van der Waals surface area (Å²) in [5, 5.41) is 12.4. The molecule has 1 atom stereocenters. The fourth-order valence-corrected chi connectivity index (χ4v) is 7.85. The summed E-state index contributed by atoms with van der Waals surface area (Å²) < 4.78 is 12.5. The Kier molecular flexibility index (Phi) is 6.21. The fourth-order valence-electron chi connectivity index (χ4n) is 7.85. The molecule has 0 saturated carbocycles. The largest absolute Gasteiger partial charge is 0.456 e. The number of nitrogens with zero attached hydrogens (tertiary/aromatic N) is 3. The smallest absolute Gasteiger partial charge is 0.160 e. The lowest BCUT2D eigenvalue weighted by Crippen LogP contribution is -2.33. The van der Waals surface area contributed by atoms with Crippen LogP contribution in [0.25, 0.3) is 76.5 Å². The monoisotopic (exact) mass is 668 g/mol. The Balaban J connectivity index is 1.13. The average Bonchev–Trinajstić information content (AvgIpc) is 3.79. The number of nitrogens with one attached hydrogen (secondary N) is 1. The summed E-state index contributed by atoms with van der Waals surface area (Å²) in [6, 6.07) is 50.3. The summed E-state index contributed by atoms with van der Waals surface area (Å²) in [7, 11) is 0. The standard InChI is InChI=1S/C46H28N4O2/c1-2-10-28-25-29(20-19-27(28)9-1)44-48-45(50-46(49-44)36-15-8-18-41-43(36)35-13-5-6-16-38(35)51-41)34-22-21-32(30-11-3-4-12-31(30)34)33-14-7-17-40-42(33)37-26-47-24-23-39(37)52-40/h1-26,44H,(H,48,49,50). The van der Waals surface area contributed by atoms with Crippen molar-refractivity contribution >= 4 is 77.1 Å². The zero-order chi connectivity index (χ0) is 34.2. The first-order valence-corrected chi connectivity index (χ1v) is 17.4. The molecule has 10 aromatic rings. The van der Waals surface area contributed by atoms with Gasteiger partial charge in [-0.2, -0.15) is 0 Å². The molecule has 0 fully saturated rings. The molecule has 3 aromatic heterocycles. The number of hydrogen-bond donors (Lipinski definition) is 1. The molecule has 52 heavy (non-hydrogen) atoms. The number of aromatic nitrogens is 1. The van der Waals surface area contributed by atoms with Crippen molar-refractivity contribution in [3.63, 3.8) is 0 Å². The molecule has 1 N–H and O–H groups in total. The Morgan fingerprint density at radius 1 is 0.481 bits per heavy atom. The lowest BCUT2D eigenvalue weighted by molar-refractivity contribution is 0.668. The predicted octanol–water partition coefficient (Wildman–Crippen LogP) is 11.3. The van der Waals surface area contributed by atoms with Crippen LogP contribution in [0.15, 0.2) is 177 Å². The second kappa shape index (κ2) is 11.2. The van der Waals surface area contributed by atoms with E-state index < -0.39 is 0 Å². The second-order valence-electron chi connectivity index (χ2n) is 13.2. The summed E-state index contributed by atoms with van der Waals surface area (Å²) in [6.07, 6.45) is 3.28. The number of rotatable bonds is 4. The third kappa shape index (κ3) is 4.41. The first-order chi connectivity index (χ1) is 25.8. The van der Waals surface area contributed by atoms with Crippen LogP contribution in [-0.4, -0.2) is 16.7 Å². The van der Waals surface area contributed by atoms with Crippen LogP contribution >= 0.6 is 0 Å². The van der Waals surface area contributed by atoms with Crippen molar-refractivity contribution in [1.29, 1.82) is 0 Å². The summed E-state index contributed by atoms with van der Waals surface area (Å²) in [5.41, 5.74) is 8.51. The van der Waals surface area contributed by atoms with Crippen molar-refractivity contribution in [3.8, 4) is 11.1 Å². The fraction of sp³-hybridized carbons (Fsp3) is 0.0217. The molecule has 11 rings (SSSR count). The topological polar surface area (TPSA) is 75.9 Å². The summed E-state index contributed by atoms with van der Waals surface area (Å²) >= 11 is 0. The SMILES string of the molecule is c1ccc2cc(C3N=C(c4cccc5oc6ccccc6c45)N=C(c4ccc(-c5cccc6oc7ccncc7c56)c5ccccc45)N3)ccc2c1. The van der Waals surface area contributed by atoms with Crippen LogP contribution in [0, 0.1) is 0 Å². The maximum atomic E-state index is 6.29. The Morgan fingerprint density at radius 2 is 1.13 bits per heavy atom. The van der Waals surface area contributed by atoms with E-state index >= 15 is 0 Å². The number of amidine groups is 2. The zero-order valence-electron chi connectivity index (χ0n) is 27.7. The van der Waals surface area contributed by atoms with Crippen molar-refractivity contribution in [2.75, 3.05) is 0 Å². The van der Waals surface area contributed by atoms with E-state index in [2.05, 4.69) is 113 Å². The van der Waals surface area contributed by atoms with Gasteiger partial charge in [0.2, 0.25) is 0 Å². The molecule has 0 spiro atoms. The quantitative estimate of drug-likeness (QED) is 0.202. The van der Waals surface area contributed by atoms with Crippen LogP contribution in [0.2, 0.25) is 0 Å². The van der Waals surface area contributed by atoms with Gasteiger partial charge in [-0.15, -0.1) is 0 Å². The van der Waals surface area contributed by atoms with Crippen LogP contribution in [0.5, 0.6) is 0 Å². The number of furan rings is 2. The number of aliphatic imine (C=N–C) groups is 2. The van der Waals surface area contributed by atoms with Crippen molar-refractivity contribution in [2.45, 2.75) is 6.17 Å². The number of pyridine rings is 1. The molecular formula is C46H28N4O2. The van der Waals surface area contributed by atoms with E-state index in [1.807, 2.05) is 48.7 Å². The van der Waals surface area contributed by atoms with Gasteiger partial charge in [-0.05, 0) is 68.6 Å². The highest BCUT2D eigenvalue weighted by atomic mass is 16.3. The Bertz CT molecular complexity index is 3130. The molecule has 0 amide bonds. The van der Waals surface area contributed by atoms with Crippen molar-refractivity contribution in [1.82, 2.24) is 10.3 Å². The van der Waals surface area contributed by atoms with E-state index in [1.54, 1.807) is 6.20 Å². The van der Waals surface area contributed by atoms with Crippen LogP contribution < -0.4 is 5.32 Å². The van der Waals surface area contributed by atoms with Gasteiger partial charge in [0.05, 0.1) is 0 Å². The van der Waals surface area contributed by atoms with Gasteiger partial charge in [0.25, 0.3) is 0 Å². The summed E-state index contributed by atoms with van der Waals surface area (Å²) in [5.74, 6) is 1.41. The van der Waals surface area contributed by atoms with E-state index in [9.17, 15) is 0 Å².